The molecule has 5 nitrogen and oxygen atoms in total. The smallest absolute Gasteiger partial charge is 0.263 e. The van der Waals surface area contributed by atoms with Crippen LogP contribution < -0.4 is 10.9 Å². The van der Waals surface area contributed by atoms with Gasteiger partial charge in [0.05, 0.1) is 11.7 Å². The number of carbonyl (C=O) groups is 1. The first-order chi connectivity index (χ1) is 15.5. The lowest BCUT2D eigenvalue weighted by atomic mass is 10.0. The molecule has 0 aliphatic heterocycles. The zero-order valence-corrected chi connectivity index (χ0v) is 19.5. The predicted molar refractivity (Wildman–Crippen MR) is 134 cm³/mol. The summed E-state index contributed by atoms with van der Waals surface area (Å²) in [7, 11) is 0. The van der Waals surface area contributed by atoms with Crippen LogP contribution in [-0.2, 0) is 11.3 Å². The molecule has 1 N–H and O–H groups in total. The molecule has 0 unspecified atom stereocenters. The van der Waals surface area contributed by atoms with E-state index in [1.807, 2.05) is 73.7 Å². The van der Waals surface area contributed by atoms with Gasteiger partial charge in [0, 0.05) is 26.0 Å². The first kappa shape index (κ1) is 20.6. The molecule has 5 rings (SSSR count). The minimum atomic E-state index is -0.276. The third-order valence-corrected chi connectivity index (χ3v) is 6.91. The van der Waals surface area contributed by atoms with Crippen molar-refractivity contribution < 1.29 is 4.79 Å². The van der Waals surface area contributed by atoms with Crippen molar-refractivity contribution in [3.63, 3.8) is 0 Å². The molecule has 0 radical (unpaired) electrons. The molecule has 2 aromatic heterocycles. The second kappa shape index (κ2) is 8.33. The highest BCUT2D eigenvalue weighted by molar-refractivity contribution is 9.10. The monoisotopic (exact) mass is 503 g/mol. The molecular formula is C25H18BrN3O2S. The van der Waals surface area contributed by atoms with Crippen molar-refractivity contribution in [1.29, 1.82) is 0 Å². The molecule has 2 heterocycles. The number of amides is 1. The van der Waals surface area contributed by atoms with Crippen LogP contribution in [0.15, 0.2) is 82.3 Å². The van der Waals surface area contributed by atoms with Crippen LogP contribution in [0.2, 0.25) is 0 Å². The number of aromatic nitrogens is 2. The molecule has 1 amide bonds. The first-order valence-electron chi connectivity index (χ1n) is 10.0. The number of halogens is 1. The van der Waals surface area contributed by atoms with Crippen molar-refractivity contribution in [2.45, 2.75) is 13.5 Å². The third kappa shape index (κ3) is 3.74. The van der Waals surface area contributed by atoms with Crippen molar-refractivity contribution >= 4 is 59.9 Å². The maximum absolute atomic E-state index is 13.3. The van der Waals surface area contributed by atoms with Gasteiger partial charge in [0.15, 0.2) is 0 Å². The molecule has 3 aromatic carbocycles. The molecule has 0 atom stereocenters. The summed E-state index contributed by atoms with van der Waals surface area (Å²) in [5.41, 5.74) is 2.33. The Labute approximate surface area is 196 Å². The van der Waals surface area contributed by atoms with Gasteiger partial charge in [0.2, 0.25) is 5.91 Å². The molecule has 0 aliphatic rings. The fourth-order valence-corrected chi connectivity index (χ4v) is 5.16. The van der Waals surface area contributed by atoms with Gasteiger partial charge >= 0.3 is 0 Å². The minimum Gasteiger partial charge on any atom is -0.324 e. The number of nitrogens with one attached hydrogen (secondary N) is 1. The number of nitrogens with zero attached hydrogens (tertiary/aromatic N) is 2. The van der Waals surface area contributed by atoms with E-state index in [0.717, 1.165) is 36.9 Å². The molecule has 5 aromatic rings. The Balaban J connectivity index is 1.50. The number of benzene rings is 3. The highest BCUT2D eigenvalue weighted by Crippen LogP contribution is 2.35. The topological polar surface area (TPSA) is 64.0 Å². The van der Waals surface area contributed by atoms with Crippen LogP contribution in [-0.4, -0.2) is 15.5 Å². The molecular weight excluding hydrogens is 486 g/mol. The van der Waals surface area contributed by atoms with Crippen molar-refractivity contribution in [2.75, 3.05) is 5.32 Å². The number of fused-ring (bicyclic) bond motifs is 2. The summed E-state index contributed by atoms with van der Waals surface area (Å²) in [4.78, 5) is 32.3. The van der Waals surface area contributed by atoms with E-state index in [-0.39, 0.29) is 18.0 Å². The zero-order chi connectivity index (χ0) is 22.2. The third-order valence-electron chi connectivity index (χ3n) is 5.37. The number of hydrogen-bond donors (Lipinski definition) is 1. The standard InChI is InChI=1S/C25H18BrN3O2S/c1-15-22(17-9-11-18(26)12-10-17)23-24(32-15)27-14-29(25(23)31)13-21(30)28-20-8-4-6-16-5-2-3-7-19(16)20/h2-12,14H,13H2,1H3,(H,28,30). The average molecular weight is 504 g/mol. The highest BCUT2D eigenvalue weighted by Gasteiger charge is 2.18. The summed E-state index contributed by atoms with van der Waals surface area (Å²) >= 11 is 4.94. The Morgan fingerprint density at radius 1 is 1.06 bits per heavy atom. The van der Waals surface area contributed by atoms with E-state index in [4.69, 9.17) is 0 Å². The van der Waals surface area contributed by atoms with Gasteiger partial charge in [-0.15, -0.1) is 11.3 Å². The molecule has 0 bridgehead atoms. The fraction of sp³-hybridized carbons (Fsp3) is 0.0800. The van der Waals surface area contributed by atoms with E-state index < -0.39 is 0 Å². The van der Waals surface area contributed by atoms with E-state index in [1.54, 1.807) is 0 Å². The van der Waals surface area contributed by atoms with E-state index in [0.29, 0.717) is 10.2 Å². The first-order valence-corrected chi connectivity index (χ1v) is 11.6. The van der Waals surface area contributed by atoms with Gasteiger partial charge < -0.3 is 5.32 Å². The fourth-order valence-electron chi connectivity index (χ4n) is 3.89. The lowest BCUT2D eigenvalue weighted by molar-refractivity contribution is -0.116. The molecule has 0 saturated heterocycles. The van der Waals surface area contributed by atoms with Crippen LogP contribution in [0.25, 0.3) is 32.1 Å². The lowest BCUT2D eigenvalue weighted by Gasteiger charge is -2.10. The molecule has 0 aliphatic carbocycles. The van der Waals surface area contributed by atoms with Crippen LogP contribution in [0.5, 0.6) is 0 Å². The highest BCUT2D eigenvalue weighted by atomic mass is 79.9. The summed E-state index contributed by atoms with van der Waals surface area (Å²) in [6, 6.07) is 21.5. The lowest BCUT2D eigenvalue weighted by Crippen LogP contribution is -2.27. The molecule has 0 fully saturated rings. The summed E-state index contributed by atoms with van der Waals surface area (Å²) in [5, 5.41) is 5.48. The number of hydrogen-bond acceptors (Lipinski definition) is 4. The van der Waals surface area contributed by atoms with Crippen LogP contribution in [0.1, 0.15) is 4.88 Å². The van der Waals surface area contributed by atoms with Crippen molar-refractivity contribution in [2.24, 2.45) is 0 Å². The van der Waals surface area contributed by atoms with Crippen LogP contribution in [0.4, 0.5) is 5.69 Å². The molecule has 32 heavy (non-hydrogen) atoms. The molecule has 0 saturated carbocycles. The second-order valence-electron chi connectivity index (χ2n) is 7.47. The maximum atomic E-state index is 13.3. The number of rotatable bonds is 4. The Hall–Kier alpha value is -3.29. The van der Waals surface area contributed by atoms with Crippen LogP contribution in [0.3, 0.4) is 0 Å². The van der Waals surface area contributed by atoms with Gasteiger partial charge in [-0.05, 0) is 36.1 Å². The van der Waals surface area contributed by atoms with E-state index in [2.05, 4.69) is 26.2 Å². The largest absolute Gasteiger partial charge is 0.324 e. The quantitative estimate of drug-likeness (QED) is 0.327. The normalized spacial score (nSPS) is 11.2. The Bertz CT molecular complexity index is 1530. The van der Waals surface area contributed by atoms with Crippen molar-refractivity contribution in [3.8, 4) is 11.1 Å². The summed E-state index contributed by atoms with van der Waals surface area (Å²) < 4.78 is 2.34. The van der Waals surface area contributed by atoms with Gasteiger partial charge in [-0.1, -0.05) is 64.5 Å². The number of carbonyl (C=O) groups excluding carboxylic acids is 1. The number of anilines is 1. The van der Waals surface area contributed by atoms with Gasteiger partial charge in [0.1, 0.15) is 11.4 Å². The Kier molecular flexibility index (Phi) is 5.36. The number of aryl methyl sites for hydroxylation is 1. The van der Waals surface area contributed by atoms with Gasteiger partial charge in [-0.2, -0.15) is 0 Å². The zero-order valence-electron chi connectivity index (χ0n) is 17.1. The van der Waals surface area contributed by atoms with Gasteiger partial charge in [0.25, 0.3) is 5.56 Å². The molecule has 158 valence electrons. The summed E-state index contributed by atoms with van der Waals surface area (Å²) in [6.45, 7) is 1.88. The Morgan fingerprint density at radius 2 is 1.81 bits per heavy atom. The van der Waals surface area contributed by atoms with Crippen LogP contribution in [0, 0.1) is 6.92 Å². The van der Waals surface area contributed by atoms with E-state index in [9.17, 15) is 9.59 Å². The van der Waals surface area contributed by atoms with Gasteiger partial charge in [-0.25, -0.2) is 4.98 Å². The van der Waals surface area contributed by atoms with E-state index >= 15 is 0 Å². The minimum absolute atomic E-state index is 0.111. The number of thiophene rings is 1. The molecule has 0 spiro atoms. The van der Waals surface area contributed by atoms with E-state index in [1.165, 1.54) is 22.2 Å². The van der Waals surface area contributed by atoms with Gasteiger partial charge in [-0.3, -0.25) is 14.2 Å². The predicted octanol–water partition coefficient (Wildman–Crippen LogP) is 5.99. The summed E-state index contributed by atoms with van der Waals surface area (Å²) in [5.74, 6) is -0.276. The summed E-state index contributed by atoms with van der Waals surface area (Å²) in [6.07, 6.45) is 1.45. The maximum Gasteiger partial charge on any atom is 0.263 e. The SMILES string of the molecule is Cc1sc2ncn(CC(=O)Nc3cccc4ccccc34)c(=O)c2c1-c1ccc(Br)cc1. The molecule has 7 heteroatoms. The van der Waals surface area contributed by atoms with Crippen molar-refractivity contribution in [1.82, 2.24) is 9.55 Å². The van der Waals surface area contributed by atoms with Crippen LogP contribution >= 0.6 is 27.3 Å². The van der Waals surface area contributed by atoms with Crippen molar-refractivity contribution in [3.05, 3.63) is 92.8 Å². The second-order valence-corrected chi connectivity index (χ2v) is 9.59. The average Bonchev–Trinajstić information content (AvgIpc) is 3.13. The Morgan fingerprint density at radius 3 is 2.62 bits per heavy atom.